The minimum Gasteiger partial charge on any atom is -0.489 e. The van der Waals surface area contributed by atoms with Gasteiger partial charge in [-0.3, -0.25) is 4.79 Å². The molecule has 34 heavy (non-hydrogen) atoms. The van der Waals surface area contributed by atoms with Gasteiger partial charge in [-0.25, -0.2) is 8.42 Å². The van der Waals surface area contributed by atoms with Crippen molar-refractivity contribution in [2.24, 2.45) is 0 Å². The van der Waals surface area contributed by atoms with Crippen LogP contribution < -0.4 is 10.1 Å². The van der Waals surface area contributed by atoms with E-state index < -0.39 is 10.0 Å². The first-order chi connectivity index (χ1) is 16.5. The predicted molar refractivity (Wildman–Crippen MR) is 133 cm³/mol. The molecule has 1 saturated heterocycles. The van der Waals surface area contributed by atoms with Crippen LogP contribution in [-0.2, 0) is 28.0 Å². The lowest BCUT2D eigenvalue weighted by Gasteiger charge is -2.15. The number of rotatable bonds is 9. The number of ether oxygens (including phenoxy) is 1. The van der Waals surface area contributed by atoms with Crippen LogP contribution in [0, 0.1) is 0 Å². The summed E-state index contributed by atoms with van der Waals surface area (Å²) in [6, 6.07) is 24.2. The molecule has 176 valence electrons. The molecule has 1 N–H and O–H groups in total. The number of hydrogen-bond donors (Lipinski definition) is 1. The molecule has 1 amide bonds. The zero-order valence-corrected chi connectivity index (χ0v) is 19.7. The van der Waals surface area contributed by atoms with Crippen molar-refractivity contribution < 1.29 is 17.9 Å². The van der Waals surface area contributed by atoms with E-state index >= 15 is 0 Å². The number of carbonyl (C=O) groups excluding carboxylic acids is 1. The molecule has 1 aliphatic heterocycles. The van der Waals surface area contributed by atoms with Gasteiger partial charge in [-0.15, -0.1) is 0 Å². The molecule has 1 heterocycles. The average molecular weight is 477 g/mol. The molecule has 1 aliphatic rings. The molecule has 0 aromatic heterocycles. The van der Waals surface area contributed by atoms with Gasteiger partial charge in [-0.05, 0) is 59.9 Å². The van der Waals surface area contributed by atoms with Crippen molar-refractivity contribution >= 4 is 22.0 Å². The molecular weight excluding hydrogens is 448 g/mol. The summed E-state index contributed by atoms with van der Waals surface area (Å²) in [6.45, 7) is 1.98. The van der Waals surface area contributed by atoms with Gasteiger partial charge in [0.15, 0.2) is 0 Å². The molecule has 0 bridgehead atoms. The Labute approximate surface area is 200 Å². The summed E-state index contributed by atoms with van der Waals surface area (Å²) in [7, 11) is -3.42. The summed E-state index contributed by atoms with van der Waals surface area (Å²) < 4.78 is 32.5. The summed E-state index contributed by atoms with van der Waals surface area (Å²) in [4.78, 5) is 12.5. The van der Waals surface area contributed by atoms with Crippen LogP contribution in [0.25, 0.3) is 6.08 Å². The number of nitrogens with zero attached hydrogens (tertiary/aromatic N) is 1. The maximum atomic E-state index is 12.6. The van der Waals surface area contributed by atoms with Crippen molar-refractivity contribution in [2.45, 2.75) is 30.9 Å². The zero-order chi connectivity index (χ0) is 23.8. The fourth-order valence-electron chi connectivity index (χ4n) is 3.69. The minimum atomic E-state index is -3.42. The zero-order valence-electron chi connectivity index (χ0n) is 18.9. The molecule has 7 heteroatoms. The lowest BCUT2D eigenvalue weighted by molar-refractivity contribution is -0.116. The third kappa shape index (κ3) is 6.34. The van der Waals surface area contributed by atoms with Crippen LogP contribution in [0.2, 0.25) is 0 Å². The molecule has 6 nitrogen and oxygen atoms in total. The van der Waals surface area contributed by atoms with Gasteiger partial charge < -0.3 is 10.1 Å². The minimum absolute atomic E-state index is 0.224. The molecule has 0 spiro atoms. The fourth-order valence-corrected chi connectivity index (χ4v) is 5.21. The predicted octanol–water partition coefficient (Wildman–Crippen LogP) is 4.38. The van der Waals surface area contributed by atoms with Crippen molar-refractivity contribution in [1.82, 2.24) is 9.62 Å². The summed E-state index contributed by atoms with van der Waals surface area (Å²) in [6.07, 6.45) is 5.03. The Morgan fingerprint density at radius 2 is 1.56 bits per heavy atom. The van der Waals surface area contributed by atoms with Gasteiger partial charge in [0.1, 0.15) is 12.4 Å². The third-order valence-electron chi connectivity index (χ3n) is 5.65. The van der Waals surface area contributed by atoms with Crippen molar-refractivity contribution in [3.63, 3.8) is 0 Å². The van der Waals surface area contributed by atoms with Gasteiger partial charge in [0.25, 0.3) is 0 Å². The number of nitrogens with one attached hydrogen (secondary N) is 1. The second-order valence-electron chi connectivity index (χ2n) is 8.15. The van der Waals surface area contributed by atoms with Gasteiger partial charge in [-0.2, -0.15) is 4.31 Å². The van der Waals surface area contributed by atoms with Crippen LogP contribution >= 0.6 is 0 Å². The molecular formula is C27H28N2O4S. The molecule has 4 rings (SSSR count). The topological polar surface area (TPSA) is 75.7 Å². The number of sulfonamides is 1. The highest BCUT2D eigenvalue weighted by atomic mass is 32.2. The highest BCUT2D eigenvalue weighted by molar-refractivity contribution is 7.89. The Balaban J connectivity index is 1.24. The summed E-state index contributed by atoms with van der Waals surface area (Å²) in [5, 5.41) is 2.82. The normalized spacial score (nSPS) is 14.4. The van der Waals surface area contributed by atoms with E-state index in [0.29, 0.717) is 31.1 Å². The van der Waals surface area contributed by atoms with Gasteiger partial charge in [0.2, 0.25) is 15.9 Å². The molecule has 0 saturated carbocycles. The van der Waals surface area contributed by atoms with Crippen LogP contribution in [0.3, 0.4) is 0 Å². The first-order valence-electron chi connectivity index (χ1n) is 11.3. The standard InChI is InChI=1S/C27H28N2O4S/c30-27(17-12-22-8-13-25(14-9-22)33-21-24-6-2-1-3-7-24)28-20-23-10-15-26(16-11-23)34(31,32)29-18-4-5-19-29/h1-3,6-17H,4-5,18-21H2,(H,28,30)/b17-12+. The van der Waals surface area contributed by atoms with E-state index in [1.54, 1.807) is 30.3 Å². The fraction of sp³-hybridized carbons (Fsp3) is 0.222. The first-order valence-corrected chi connectivity index (χ1v) is 12.8. The molecule has 0 unspecified atom stereocenters. The Hall–Kier alpha value is -3.42. The van der Waals surface area contributed by atoms with Crippen LogP contribution in [0.4, 0.5) is 0 Å². The summed E-state index contributed by atoms with van der Waals surface area (Å²) >= 11 is 0. The molecule has 3 aromatic carbocycles. The number of amides is 1. The number of benzene rings is 3. The smallest absolute Gasteiger partial charge is 0.244 e. The second-order valence-corrected chi connectivity index (χ2v) is 10.1. The molecule has 1 fully saturated rings. The van der Waals surface area contributed by atoms with Crippen LogP contribution in [-0.4, -0.2) is 31.7 Å². The lowest BCUT2D eigenvalue weighted by Crippen LogP contribution is -2.27. The van der Waals surface area contributed by atoms with Crippen molar-refractivity contribution in [2.75, 3.05) is 13.1 Å². The SMILES string of the molecule is O=C(/C=C/c1ccc(OCc2ccccc2)cc1)NCc1ccc(S(=O)(=O)N2CCCC2)cc1. The van der Waals surface area contributed by atoms with Gasteiger partial charge in [0.05, 0.1) is 4.90 Å². The van der Waals surface area contributed by atoms with Crippen LogP contribution in [0.1, 0.15) is 29.5 Å². The highest BCUT2D eigenvalue weighted by Gasteiger charge is 2.26. The lowest BCUT2D eigenvalue weighted by atomic mass is 10.2. The first kappa shape index (κ1) is 23.7. The van der Waals surface area contributed by atoms with Crippen molar-refractivity contribution in [3.05, 3.63) is 102 Å². The van der Waals surface area contributed by atoms with E-state index in [1.807, 2.05) is 54.6 Å². The van der Waals surface area contributed by atoms with Crippen LogP contribution in [0.5, 0.6) is 5.75 Å². The van der Waals surface area contributed by atoms with Gasteiger partial charge in [-0.1, -0.05) is 54.6 Å². The third-order valence-corrected chi connectivity index (χ3v) is 7.56. The Bertz CT molecular complexity index is 1220. The Kier molecular flexibility index (Phi) is 7.77. The quantitative estimate of drug-likeness (QED) is 0.465. The molecule has 0 atom stereocenters. The molecule has 0 aliphatic carbocycles. The molecule has 0 radical (unpaired) electrons. The van der Waals surface area contributed by atoms with E-state index in [4.69, 9.17) is 4.74 Å². The molecule has 3 aromatic rings. The Morgan fingerprint density at radius 1 is 0.882 bits per heavy atom. The van der Waals surface area contributed by atoms with E-state index in [1.165, 1.54) is 10.4 Å². The Morgan fingerprint density at radius 3 is 2.24 bits per heavy atom. The highest BCUT2D eigenvalue weighted by Crippen LogP contribution is 2.21. The number of carbonyl (C=O) groups is 1. The van der Waals surface area contributed by atoms with E-state index in [0.717, 1.165) is 35.3 Å². The van der Waals surface area contributed by atoms with E-state index in [-0.39, 0.29) is 5.91 Å². The van der Waals surface area contributed by atoms with Crippen molar-refractivity contribution in [3.8, 4) is 5.75 Å². The maximum Gasteiger partial charge on any atom is 0.244 e. The number of hydrogen-bond acceptors (Lipinski definition) is 4. The average Bonchev–Trinajstić information content (AvgIpc) is 3.43. The van der Waals surface area contributed by atoms with Gasteiger partial charge in [0, 0.05) is 25.7 Å². The summed E-state index contributed by atoms with van der Waals surface area (Å²) in [5.74, 6) is 0.541. The largest absolute Gasteiger partial charge is 0.489 e. The monoisotopic (exact) mass is 476 g/mol. The van der Waals surface area contributed by atoms with E-state index in [9.17, 15) is 13.2 Å². The second kappa shape index (κ2) is 11.1. The van der Waals surface area contributed by atoms with E-state index in [2.05, 4.69) is 5.32 Å². The summed E-state index contributed by atoms with van der Waals surface area (Å²) in [5.41, 5.74) is 2.83. The van der Waals surface area contributed by atoms with Crippen molar-refractivity contribution in [1.29, 1.82) is 0 Å². The van der Waals surface area contributed by atoms with Gasteiger partial charge >= 0.3 is 0 Å². The van der Waals surface area contributed by atoms with Crippen LogP contribution in [0.15, 0.2) is 89.8 Å². The maximum absolute atomic E-state index is 12.6.